The van der Waals surface area contributed by atoms with Gasteiger partial charge >= 0.3 is 0 Å². The number of hydrogen-bond acceptors (Lipinski definition) is 4. The number of rotatable bonds is 5. The largest absolute Gasteiger partial charge is 0.369 e. The van der Waals surface area contributed by atoms with Gasteiger partial charge in [-0.2, -0.15) is 5.26 Å². The molecular formula is C11H15ClN4. The first kappa shape index (κ1) is 12.8. The lowest BCUT2D eigenvalue weighted by molar-refractivity contribution is 0.367. The topological polar surface area (TPSA) is 52.0 Å². The summed E-state index contributed by atoms with van der Waals surface area (Å²) in [5.74, 6) is 0.647. The first-order chi connectivity index (χ1) is 7.65. The molecule has 1 aromatic heterocycles. The summed E-state index contributed by atoms with van der Waals surface area (Å²) in [6, 6.07) is 5.28. The van der Waals surface area contributed by atoms with Gasteiger partial charge in [0.25, 0.3) is 0 Å². The Hall–Kier alpha value is -1.31. The molecule has 0 amide bonds. The summed E-state index contributed by atoms with van der Waals surface area (Å²) in [5, 5.41) is 12.2. The Morgan fingerprint density at radius 1 is 1.56 bits per heavy atom. The molecule has 1 heterocycles. The van der Waals surface area contributed by atoms with Crippen molar-refractivity contribution in [1.82, 2.24) is 9.88 Å². The summed E-state index contributed by atoms with van der Waals surface area (Å²) < 4.78 is 0. The van der Waals surface area contributed by atoms with Crippen LogP contribution in [-0.2, 0) is 0 Å². The maximum absolute atomic E-state index is 8.77. The number of nitriles is 1. The molecule has 0 bridgehead atoms. The van der Waals surface area contributed by atoms with E-state index in [1.165, 1.54) is 0 Å². The SMILES string of the molecule is CCN(C)CCNc1cc(C#N)cc(Cl)n1. The van der Waals surface area contributed by atoms with Crippen LogP contribution >= 0.6 is 11.6 Å². The number of nitrogens with zero attached hydrogens (tertiary/aromatic N) is 3. The standard InChI is InChI=1S/C11H15ClN4/c1-3-16(2)5-4-14-11-7-9(8-13)6-10(12)15-11/h6-7H,3-5H2,1-2H3,(H,14,15). The first-order valence-electron chi connectivity index (χ1n) is 5.15. The van der Waals surface area contributed by atoms with Crippen molar-refractivity contribution < 1.29 is 0 Å². The Bertz CT molecular complexity index is 386. The molecule has 0 aliphatic rings. The van der Waals surface area contributed by atoms with Crippen LogP contribution < -0.4 is 5.32 Å². The highest BCUT2D eigenvalue weighted by molar-refractivity contribution is 6.29. The molecular weight excluding hydrogens is 224 g/mol. The lowest BCUT2D eigenvalue weighted by Crippen LogP contribution is -2.24. The normalized spacial score (nSPS) is 10.2. The zero-order chi connectivity index (χ0) is 12.0. The second kappa shape index (κ2) is 6.31. The van der Waals surface area contributed by atoms with E-state index in [2.05, 4.69) is 22.1 Å². The molecule has 16 heavy (non-hydrogen) atoms. The quantitative estimate of drug-likeness (QED) is 0.797. The molecule has 0 aromatic carbocycles. The molecule has 0 unspecified atom stereocenters. The van der Waals surface area contributed by atoms with E-state index < -0.39 is 0 Å². The van der Waals surface area contributed by atoms with Crippen LogP contribution in [0.1, 0.15) is 12.5 Å². The van der Waals surface area contributed by atoms with Crippen LogP contribution in [0.25, 0.3) is 0 Å². The predicted octanol–water partition coefficient (Wildman–Crippen LogP) is 1.97. The van der Waals surface area contributed by atoms with Crippen LogP contribution in [0.3, 0.4) is 0 Å². The van der Waals surface area contributed by atoms with Gasteiger partial charge in [0.1, 0.15) is 11.0 Å². The number of likely N-dealkylation sites (N-methyl/N-ethyl adjacent to an activating group) is 1. The van der Waals surface area contributed by atoms with Crippen molar-refractivity contribution in [3.8, 4) is 6.07 Å². The third-order valence-corrected chi connectivity index (χ3v) is 2.46. The molecule has 0 saturated carbocycles. The molecule has 0 radical (unpaired) electrons. The molecule has 0 aliphatic carbocycles. The Morgan fingerprint density at radius 2 is 2.31 bits per heavy atom. The van der Waals surface area contributed by atoms with Crippen molar-refractivity contribution >= 4 is 17.4 Å². The average Bonchev–Trinajstić information content (AvgIpc) is 2.28. The van der Waals surface area contributed by atoms with E-state index in [1.807, 2.05) is 13.1 Å². The van der Waals surface area contributed by atoms with Crippen molar-refractivity contribution in [2.24, 2.45) is 0 Å². The van der Waals surface area contributed by atoms with Crippen molar-refractivity contribution in [3.63, 3.8) is 0 Å². The van der Waals surface area contributed by atoms with E-state index in [0.717, 1.165) is 19.6 Å². The minimum absolute atomic E-state index is 0.338. The lowest BCUT2D eigenvalue weighted by atomic mass is 10.3. The number of nitrogens with one attached hydrogen (secondary N) is 1. The first-order valence-corrected chi connectivity index (χ1v) is 5.53. The monoisotopic (exact) mass is 238 g/mol. The van der Waals surface area contributed by atoms with Crippen LogP contribution in [0, 0.1) is 11.3 Å². The highest BCUT2D eigenvalue weighted by Crippen LogP contribution is 2.13. The maximum Gasteiger partial charge on any atom is 0.132 e. The summed E-state index contributed by atoms with van der Waals surface area (Å²) in [4.78, 5) is 6.27. The fraction of sp³-hybridized carbons (Fsp3) is 0.455. The average molecular weight is 239 g/mol. The Balaban J connectivity index is 2.54. The maximum atomic E-state index is 8.77. The van der Waals surface area contributed by atoms with Gasteiger partial charge in [0, 0.05) is 13.1 Å². The van der Waals surface area contributed by atoms with E-state index in [9.17, 15) is 0 Å². The minimum atomic E-state index is 0.338. The number of anilines is 1. The molecule has 0 fully saturated rings. The predicted molar refractivity (Wildman–Crippen MR) is 65.6 cm³/mol. The number of halogens is 1. The van der Waals surface area contributed by atoms with E-state index >= 15 is 0 Å². The molecule has 86 valence electrons. The Morgan fingerprint density at radius 3 is 2.94 bits per heavy atom. The molecule has 4 nitrogen and oxygen atoms in total. The third-order valence-electron chi connectivity index (χ3n) is 2.26. The van der Waals surface area contributed by atoms with Gasteiger partial charge in [0.2, 0.25) is 0 Å². The fourth-order valence-electron chi connectivity index (χ4n) is 1.18. The van der Waals surface area contributed by atoms with E-state index in [1.54, 1.807) is 12.1 Å². The Kier molecular flexibility index (Phi) is 5.03. The molecule has 1 rings (SSSR count). The molecule has 0 aliphatic heterocycles. The fourth-order valence-corrected chi connectivity index (χ4v) is 1.39. The van der Waals surface area contributed by atoms with Crippen molar-refractivity contribution in [2.45, 2.75) is 6.92 Å². The lowest BCUT2D eigenvalue weighted by Gasteiger charge is -2.14. The summed E-state index contributed by atoms with van der Waals surface area (Å²) >= 11 is 5.78. The van der Waals surface area contributed by atoms with Crippen molar-refractivity contribution in [1.29, 1.82) is 5.26 Å². The van der Waals surface area contributed by atoms with Gasteiger partial charge in [-0.1, -0.05) is 18.5 Å². The van der Waals surface area contributed by atoms with Crippen LogP contribution in [0.2, 0.25) is 5.15 Å². The van der Waals surface area contributed by atoms with Gasteiger partial charge in [-0.25, -0.2) is 4.98 Å². The molecule has 5 heteroatoms. The highest BCUT2D eigenvalue weighted by atomic mass is 35.5. The Labute approximate surface area is 101 Å². The zero-order valence-corrected chi connectivity index (χ0v) is 10.3. The molecule has 1 aromatic rings. The van der Waals surface area contributed by atoms with Gasteiger partial charge in [-0.3, -0.25) is 0 Å². The van der Waals surface area contributed by atoms with Crippen molar-refractivity contribution in [2.75, 3.05) is 32.0 Å². The number of hydrogen-bond donors (Lipinski definition) is 1. The summed E-state index contributed by atoms with van der Waals surface area (Å²) in [5.41, 5.74) is 0.520. The van der Waals surface area contributed by atoms with E-state index in [-0.39, 0.29) is 0 Å². The van der Waals surface area contributed by atoms with Gasteiger partial charge in [-0.05, 0) is 25.7 Å². The van der Waals surface area contributed by atoms with Crippen LogP contribution in [0.15, 0.2) is 12.1 Å². The van der Waals surface area contributed by atoms with Crippen molar-refractivity contribution in [3.05, 3.63) is 22.8 Å². The molecule has 0 spiro atoms. The van der Waals surface area contributed by atoms with Gasteiger partial charge in [-0.15, -0.1) is 0 Å². The van der Waals surface area contributed by atoms with E-state index in [4.69, 9.17) is 16.9 Å². The second-order valence-electron chi connectivity index (χ2n) is 3.50. The zero-order valence-electron chi connectivity index (χ0n) is 9.50. The number of aromatic nitrogens is 1. The van der Waals surface area contributed by atoms with Crippen LogP contribution in [0.4, 0.5) is 5.82 Å². The van der Waals surface area contributed by atoms with Gasteiger partial charge in [0.05, 0.1) is 11.6 Å². The summed E-state index contributed by atoms with van der Waals surface area (Å²) in [6.45, 7) is 4.81. The molecule has 0 atom stereocenters. The summed E-state index contributed by atoms with van der Waals surface area (Å²) in [6.07, 6.45) is 0. The second-order valence-corrected chi connectivity index (χ2v) is 3.89. The van der Waals surface area contributed by atoms with Gasteiger partial charge < -0.3 is 10.2 Å². The highest BCUT2D eigenvalue weighted by Gasteiger charge is 2.00. The molecule has 1 N–H and O–H groups in total. The smallest absolute Gasteiger partial charge is 0.132 e. The van der Waals surface area contributed by atoms with Gasteiger partial charge in [0.15, 0.2) is 0 Å². The number of pyridine rings is 1. The third kappa shape index (κ3) is 4.05. The summed E-state index contributed by atoms with van der Waals surface area (Å²) in [7, 11) is 2.05. The molecule has 0 saturated heterocycles. The van der Waals surface area contributed by atoms with Crippen LogP contribution in [-0.4, -0.2) is 36.6 Å². The van der Waals surface area contributed by atoms with E-state index in [0.29, 0.717) is 16.5 Å². The van der Waals surface area contributed by atoms with Crippen LogP contribution in [0.5, 0.6) is 0 Å². The minimum Gasteiger partial charge on any atom is -0.369 e.